The lowest BCUT2D eigenvalue weighted by Crippen LogP contribution is -2.11. The Hall–Kier alpha value is -2.40. The maximum Gasteiger partial charge on any atom is 0.165 e. The highest BCUT2D eigenvalue weighted by atomic mass is 19.1. The average molecular weight is 289 g/mol. The van der Waals surface area contributed by atoms with E-state index in [4.69, 9.17) is 14.9 Å². The van der Waals surface area contributed by atoms with Crippen molar-refractivity contribution in [3.05, 3.63) is 65.4 Å². The number of hydrogen-bond donors (Lipinski definition) is 1. The minimum atomic E-state index is -0.638. The summed E-state index contributed by atoms with van der Waals surface area (Å²) in [6.07, 6.45) is 0. The topological polar surface area (TPSA) is 48.4 Å². The lowest BCUT2D eigenvalue weighted by Gasteiger charge is -2.10. The van der Waals surface area contributed by atoms with Crippen molar-refractivity contribution in [2.75, 3.05) is 7.11 Å². The molecule has 3 aromatic rings. The summed E-state index contributed by atoms with van der Waals surface area (Å²) in [6.45, 7) is 0. The van der Waals surface area contributed by atoms with Gasteiger partial charge in [0.25, 0.3) is 0 Å². The second-order valence-electron chi connectivity index (χ2n) is 4.70. The van der Waals surface area contributed by atoms with E-state index in [1.807, 2.05) is 0 Å². The molecule has 0 aliphatic carbocycles. The highest BCUT2D eigenvalue weighted by Gasteiger charge is 2.16. The van der Waals surface area contributed by atoms with Crippen molar-refractivity contribution < 1.29 is 17.9 Å². The molecule has 2 N–H and O–H groups in total. The molecule has 108 valence electrons. The van der Waals surface area contributed by atoms with Gasteiger partial charge in [0.05, 0.1) is 13.2 Å². The number of benzene rings is 2. The van der Waals surface area contributed by atoms with E-state index in [9.17, 15) is 8.78 Å². The molecule has 21 heavy (non-hydrogen) atoms. The first-order valence-electron chi connectivity index (χ1n) is 6.36. The van der Waals surface area contributed by atoms with Crippen LogP contribution in [0.2, 0.25) is 0 Å². The molecule has 5 heteroatoms. The van der Waals surface area contributed by atoms with E-state index in [1.54, 1.807) is 12.1 Å². The van der Waals surface area contributed by atoms with Gasteiger partial charge in [0, 0.05) is 5.39 Å². The number of methoxy groups -OCH3 is 1. The Morgan fingerprint density at radius 3 is 2.62 bits per heavy atom. The molecule has 1 heterocycles. The van der Waals surface area contributed by atoms with Gasteiger partial charge in [-0.25, -0.2) is 8.78 Å². The van der Waals surface area contributed by atoms with Crippen molar-refractivity contribution >= 4 is 11.0 Å². The highest BCUT2D eigenvalue weighted by Crippen LogP contribution is 2.29. The number of fused-ring (bicyclic) bond motifs is 1. The van der Waals surface area contributed by atoms with Crippen LogP contribution in [0.4, 0.5) is 8.78 Å². The molecule has 0 saturated heterocycles. The predicted molar refractivity (Wildman–Crippen MR) is 75.2 cm³/mol. The lowest BCUT2D eigenvalue weighted by molar-refractivity contribution is 0.386. The van der Waals surface area contributed by atoms with E-state index >= 15 is 0 Å². The fourth-order valence-electron chi connectivity index (χ4n) is 2.23. The third kappa shape index (κ3) is 2.48. The van der Waals surface area contributed by atoms with Gasteiger partial charge >= 0.3 is 0 Å². The van der Waals surface area contributed by atoms with Crippen molar-refractivity contribution in [3.8, 4) is 5.75 Å². The summed E-state index contributed by atoms with van der Waals surface area (Å²) in [4.78, 5) is 0. The van der Waals surface area contributed by atoms with Crippen molar-refractivity contribution in [2.24, 2.45) is 5.73 Å². The molecule has 0 radical (unpaired) electrons. The smallest absolute Gasteiger partial charge is 0.165 e. The normalized spacial score (nSPS) is 12.6. The van der Waals surface area contributed by atoms with E-state index in [0.717, 1.165) is 0 Å². The third-order valence-electron chi connectivity index (χ3n) is 3.34. The number of halogens is 2. The average Bonchev–Trinajstić information content (AvgIpc) is 2.89. The minimum absolute atomic E-state index is 0.151. The first kappa shape index (κ1) is 13.6. The summed E-state index contributed by atoms with van der Waals surface area (Å²) in [5.74, 6) is -0.246. The van der Waals surface area contributed by atoms with Gasteiger partial charge < -0.3 is 14.9 Å². The van der Waals surface area contributed by atoms with Gasteiger partial charge in [0.2, 0.25) is 0 Å². The zero-order chi connectivity index (χ0) is 15.0. The number of nitrogens with two attached hydrogens (primary N) is 1. The molecule has 2 aromatic carbocycles. The number of hydrogen-bond acceptors (Lipinski definition) is 3. The predicted octanol–water partition coefficient (Wildman–Crippen LogP) is 3.77. The molecule has 0 fully saturated rings. The molecule has 0 saturated carbocycles. The molecule has 0 spiro atoms. The first-order chi connectivity index (χ1) is 10.1. The maximum atomic E-state index is 13.7. The van der Waals surface area contributed by atoms with Crippen LogP contribution < -0.4 is 10.5 Å². The standard InChI is InChI=1S/C16H13F2NO2/c1-20-14-4-2-9(7-12(14)18)16(19)15-8-10-6-11(17)3-5-13(10)21-15/h2-8,16H,19H2,1H3. The van der Waals surface area contributed by atoms with E-state index in [-0.39, 0.29) is 11.6 Å². The molecule has 0 amide bonds. The molecule has 1 unspecified atom stereocenters. The first-order valence-corrected chi connectivity index (χ1v) is 6.36. The van der Waals surface area contributed by atoms with Gasteiger partial charge in [0.15, 0.2) is 11.6 Å². The van der Waals surface area contributed by atoms with Crippen molar-refractivity contribution in [1.29, 1.82) is 0 Å². The Bertz CT molecular complexity index is 798. The zero-order valence-electron chi connectivity index (χ0n) is 11.3. The SMILES string of the molecule is COc1ccc(C(N)c2cc3cc(F)ccc3o2)cc1F. The van der Waals surface area contributed by atoms with Crippen LogP contribution in [0.1, 0.15) is 17.4 Å². The van der Waals surface area contributed by atoms with E-state index < -0.39 is 11.9 Å². The van der Waals surface area contributed by atoms with Gasteiger partial charge in [-0.1, -0.05) is 6.07 Å². The lowest BCUT2D eigenvalue weighted by atomic mass is 10.0. The van der Waals surface area contributed by atoms with Crippen LogP contribution in [0, 0.1) is 11.6 Å². The zero-order valence-corrected chi connectivity index (χ0v) is 11.3. The van der Waals surface area contributed by atoms with Crippen LogP contribution in [-0.2, 0) is 0 Å². The maximum absolute atomic E-state index is 13.7. The molecule has 0 aliphatic heterocycles. The molecular weight excluding hydrogens is 276 g/mol. The monoisotopic (exact) mass is 289 g/mol. The molecule has 3 nitrogen and oxygen atoms in total. The van der Waals surface area contributed by atoms with Crippen LogP contribution in [0.15, 0.2) is 46.9 Å². The summed E-state index contributed by atoms with van der Waals surface area (Å²) in [6, 6.07) is 9.71. The van der Waals surface area contributed by atoms with E-state index in [1.165, 1.54) is 37.4 Å². The van der Waals surface area contributed by atoms with Gasteiger partial charge in [-0.05, 0) is 42.0 Å². The summed E-state index contributed by atoms with van der Waals surface area (Å²) in [7, 11) is 1.39. The van der Waals surface area contributed by atoms with Crippen LogP contribution >= 0.6 is 0 Å². The summed E-state index contributed by atoms with van der Waals surface area (Å²) < 4.78 is 37.3. The fraction of sp³-hybridized carbons (Fsp3) is 0.125. The second kappa shape index (κ2) is 5.18. The Labute approximate surface area is 119 Å². The molecule has 0 bridgehead atoms. The van der Waals surface area contributed by atoms with Crippen LogP contribution in [0.3, 0.4) is 0 Å². The van der Waals surface area contributed by atoms with Crippen molar-refractivity contribution in [3.63, 3.8) is 0 Å². The van der Waals surface area contributed by atoms with Gasteiger partial charge in [-0.3, -0.25) is 0 Å². The Morgan fingerprint density at radius 1 is 1.10 bits per heavy atom. The van der Waals surface area contributed by atoms with E-state index in [0.29, 0.717) is 22.3 Å². The van der Waals surface area contributed by atoms with Gasteiger partial charge in [0.1, 0.15) is 17.2 Å². The summed E-state index contributed by atoms with van der Waals surface area (Å²) in [5.41, 5.74) is 7.17. The summed E-state index contributed by atoms with van der Waals surface area (Å²) in [5, 5.41) is 0.620. The van der Waals surface area contributed by atoms with Crippen molar-refractivity contribution in [2.45, 2.75) is 6.04 Å². The Balaban J connectivity index is 1.99. The Morgan fingerprint density at radius 2 is 1.90 bits per heavy atom. The molecule has 0 aliphatic rings. The second-order valence-corrected chi connectivity index (χ2v) is 4.70. The van der Waals surface area contributed by atoms with Crippen LogP contribution in [0.5, 0.6) is 5.75 Å². The van der Waals surface area contributed by atoms with Gasteiger partial charge in [-0.15, -0.1) is 0 Å². The molecule has 3 rings (SSSR count). The molecular formula is C16H13F2NO2. The Kier molecular flexibility index (Phi) is 3.35. The largest absolute Gasteiger partial charge is 0.494 e. The molecule has 1 atom stereocenters. The number of furan rings is 1. The fourth-order valence-corrected chi connectivity index (χ4v) is 2.23. The van der Waals surface area contributed by atoms with Crippen LogP contribution in [-0.4, -0.2) is 7.11 Å². The van der Waals surface area contributed by atoms with Crippen LogP contribution in [0.25, 0.3) is 11.0 Å². The van der Waals surface area contributed by atoms with E-state index in [2.05, 4.69) is 0 Å². The quantitative estimate of drug-likeness (QED) is 0.798. The molecule has 1 aromatic heterocycles. The van der Waals surface area contributed by atoms with Gasteiger partial charge in [-0.2, -0.15) is 0 Å². The highest BCUT2D eigenvalue weighted by molar-refractivity contribution is 5.78. The van der Waals surface area contributed by atoms with Crippen molar-refractivity contribution in [1.82, 2.24) is 0 Å². The summed E-state index contributed by atoms with van der Waals surface area (Å²) >= 11 is 0. The minimum Gasteiger partial charge on any atom is -0.494 e. The number of rotatable bonds is 3. The number of ether oxygens (including phenoxy) is 1. The third-order valence-corrected chi connectivity index (χ3v) is 3.34.